The number of thiophene rings is 1. The van der Waals surface area contributed by atoms with Gasteiger partial charge in [0.05, 0.1) is 13.6 Å². The highest BCUT2D eigenvalue weighted by Gasteiger charge is 2.17. The Morgan fingerprint density at radius 1 is 1.24 bits per heavy atom. The van der Waals surface area contributed by atoms with E-state index < -0.39 is 0 Å². The zero-order valence-electron chi connectivity index (χ0n) is 8.81. The summed E-state index contributed by atoms with van der Waals surface area (Å²) in [6.07, 6.45) is 0. The molecule has 0 radical (unpaired) electrons. The van der Waals surface area contributed by atoms with Crippen molar-refractivity contribution >= 4 is 66.4 Å². The molecule has 0 saturated heterocycles. The summed E-state index contributed by atoms with van der Waals surface area (Å²) in [5, 5.41) is 1.53. The topological polar surface area (TPSA) is 0 Å². The molecule has 0 N–H and O–H groups in total. The van der Waals surface area contributed by atoms with E-state index in [0.717, 1.165) is 24.3 Å². The Morgan fingerprint density at radius 3 is 2.53 bits per heavy atom. The van der Waals surface area contributed by atoms with E-state index in [1.807, 2.05) is 25.1 Å². The van der Waals surface area contributed by atoms with Gasteiger partial charge in [-0.2, -0.15) is 0 Å². The van der Waals surface area contributed by atoms with Gasteiger partial charge in [-0.3, -0.25) is 0 Å². The molecular formula is C12H8Br2Cl2S. The number of hydrogen-bond donors (Lipinski definition) is 0. The minimum absolute atomic E-state index is 0.120. The fraction of sp³-hybridized carbons (Fsp3) is 0.167. The normalized spacial score (nSPS) is 12.8. The van der Waals surface area contributed by atoms with Gasteiger partial charge in [0.2, 0.25) is 0 Å². The Balaban J connectivity index is 2.43. The first-order valence-corrected chi connectivity index (χ1v) is 8.12. The molecule has 2 aromatic rings. The van der Waals surface area contributed by atoms with E-state index in [0.29, 0.717) is 0 Å². The lowest BCUT2D eigenvalue weighted by atomic mass is 10.1. The van der Waals surface area contributed by atoms with Crippen LogP contribution in [0.2, 0.25) is 10.0 Å². The average Bonchev–Trinajstić information content (AvgIpc) is 2.62. The van der Waals surface area contributed by atoms with Crippen LogP contribution in [0.3, 0.4) is 0 Å². The number of rotatable bonds is 2. The lowest BCUT2D eigenvalue weighted by Gasteiger charge is -2.12. The van der Waals surface area contributed by atoms with Crippen LogP contribution >= 0.6 is 66.4 Å². The van der Waals surface area contributed by atoms with Gasteiger partial charge in [0.1, 0.15) is 0 Å². The van der Waals surface area contributed by atoms with Crippen molar-refractivity contribution in [2.45, 2.75) is 11.8 Å². The van der Waals surface area contributed by atoms with Crippen molar-refractivity contribution in [3.8, 4) is 0 Å². The van der Waals surface area contributed by atoms with Crippen LogP contribution in [0.25, 0.3) is 0 Å². The molecule has 1 heterocycles. The molecule has 2 rings (SSSR count). The quantitative estimate of drug-likeness (QED) is 0.485. The Labute approximate surface area is 131 Å². The minimum Gasteiger partial charge on any atom is -0.130 e. The van der Waals surface area contributed by atoms with E-state index in [2.05, 4.69) is 37.9 Å². The van der Waals surface area contributed by atoms with Gasteiger partial charge in [-0.15, -0.1) is 11.3 Å². The van der Waals surface area contributed by atoms with Crippen molar-refractivity contribution in [2.24, 2.45) is 0 Å². The highest BCUT2D eigenvalue weighted by atomic mass is 79.9. The number of halogens is 4. The summed E-state index contributed by atoms with van der Waals surface area (Å²) >= 11 is 20.9. The van der Waals surface area contributed by atoms with Crippen LogP contribution in [0.4, 0.5) is 0 Å². The maximum atomic E-state index is 6.13. The predicted octanol–water partition coefficient (Wildman–Crippen LogP) is 6.61. The largest absolute Gasteiger partial charge is 0.130 e. The lowest BCUT2D eigenvalue weighted by Crippen LogP contribution is -1.93. The molecule has 0 amide bonds. The molecule has 0 aliphatic rings. The van der Waals surface area contributed by atoms with E-state index in [4.69, 9.17) is 23.2 Å². The second-order valence-corrected chi connectivity index (χ2v) is 7.72. The Kier molecular flexibility index (Phi) is 4.59. The van der Waals surface area contributed by atoms with Crippen LogP contribution in [0.1, 0.15) is 20.8 Å². The Morgan fingerprint density at radius 2 is 1.94 bits per heavy atom. The number of hydrogen-bond acceptors (Lipinski definition) is 1. The van der Waals surface area contributed by atoms with Crippen molar-refractivity contribution in [1.82, 2.24) is 0 Å². The average molecular weight is 415 g/mol. The van der Waals surface area contributed by atoms with Crippen molar-refractivity contribution in [3.05, 3.63) is 54.1 Å². The first-order valence-electron chi connectivity index (χ1n) is 4.84. The Hall–Kier alpha value is 0.460. The summed E-state index contributed by atoms with van der Waals surface area (Å²) in [5.41, 5.74) is 2.26. The van der Waals surface area contributed by atoms with Crippen LogP contribution in [0.5, 0.6) is 0 Å². The molecule has 17 heavy (non-hydrogen) atoms. The van der Waals surface area contributed by atoms with E-state index in [9.17, 15) is 0 Å². The fourth-order valence-electron chi connectivity index (χ4n) is 1.54. The third-order valence-corrected chi connectivity index (χ3v) is 6.74. The molecule has 0 fully saturated rings. The monoisotopic (exact) mass is 412 g/mol. The van der Waals surface area contributed by atoms with Gasteiger partial charge in [0.25, 0.3) is 0 Å². The zero-order valence-corrected chi connectivity index (χ0v) is 14.3. The van der Waals surface area contributed by atoms with Crippen LogP contribution in [-0.2, 0) is 0 Å². The second-order valence-electron chi connectivity index (χ2n) is 3.59. The van der Waals surface area contributed by atoms with E-state index in [1.165, 1.54) is 5.56 Å². The highest BCUT2D eigenvalue weighted by molar-refractivity contribution is 9.11. The minimum atomic E-state index is 0.120. The molecule has 0 aliphatic heterocycles. The second kappa shape index (κ2) is 5.62. The smallest absolute Gasteiger partial charge is 0.0887 e. The van der Waals surface area contributed by atoms with Crippen molar-refractivity contribution in [2.75, 3.05) is 0 Å². The van der Waals surface area contributed by atoms with Gasteiger partial charge in [-0.05, 0) is 46.1 Å². The summed E-state index contributed by atoms with van der Waals surface area (Å²) in [7, 11) is 0. The molecule has 0 spiro atoms. The first kappa shape index (κ1) is 13.9. The number of benzene rings is 1. The molecule has 1 unspecified atom stereocenters. The summed E-state index contributed by atoms with van der Waals surface area (Å²) in [6, 6.07) is 7.90. The van der Waals surface area contributed by atoms with Gasteiger partial charge in [-0.1, -0.05) is 51.3 Å². The molecule has 90 valence electrons. The SMILES string of the molecule is Cc1c(Cl)cccc1C(Br)c1cc(Cl)c(Br)s1. The summed E-state index contributed by atoms with van der Waals surface area (Å²) in [4.78, 5) is 1.28. The Bertz CT molecular complexity index is 532. The third kappa shape index (κ3) is 2.90. The van der Waals surface area contributed by atoms with Crippen LogP contribution in [-0.4, -0.2) is 0 Å². The van der Waals surface area contributed by atoms with Crippen LogP contribution in [0, 0.1) is 6.92 Å². The summed E-state index contributed by atoms with van der Waals surface area (Å²) in [6.45, 7) is 2.02. The van der Waals surface area contributed by atoms with Gasteiger partial charge < -0.3 is 0 Å². The highest BCUT2D eigenvalue weighted by Crippen LogP contribution is 2.42. The third-order valence-electron chi connectivity index (χ3n) is 2.50. The molecule has 0 bridgehead atoms. The predicted molar refractivity (Wildman–Crippen MR) is 84.0 cm³/mol. The fourth-order valence-corrected chi connectivity index (χ4v) is 4.37. The molecule has 1 aromatic heterocycles. The molecule has 0 nitrogen and oxygen atoms in total. The molecule has 0 saturated carbocycles. The summed E-state index contributed by atoms with van der Waals surface area (Å²) in [5.74, 6) is 0. The van der Waals surface area contributed by atoms with E-state index in [-0.39, 0.29) is 4.83 Å². The van der Waals surface area contributed by atoms with Crippen molar-refractivity contribution in [1.29, 1.82) is 0 Å². The van der Waals surface area contributed by atoms with Crippen molar-refractivity contribution in [3.63, 3.8) is 0 Å². The van der Waals surface area contributed by atoms with Gasteiger partial charge in [0.15, 0.2) is 0 Å². The molecule has 0 aliphatic carbocycles. The lowest BCUT2D eigenvalue weighted by molar-refractivity contribution is 1.18. The van der Waals surface area contributed by atoms with E-state index >= 15 is 0 Å². The maximum absolute atomic E-state index is 6.13. The zero-order chi connectivity index (χ0) is 12.6. The van der Waals surface area contributed by atoms with Crippen LogP contribution < -0.4 is 0 Å². The van der Waals surface area contributed by atoms with Gasteiger partial charge >= 0.3 is 0 Å². The summed E-state index contributed by atoms with van der Waals surface area (Å²) < 4.78 is 0.957. The molecule has 1 atom stereocenters. The first-order chi connectivity index (χ1) is 8.00. The molecular weight excluding hydrogens is 407 g/mol. The van der Waals surface area contributed by atoms with Crippen LogP contribution in [0.15, 0.2) is 28.1 Å². The van der Waals surface area contributed by atoms with Gasteiger partial charge in [-0.25, -0.2) is 0 Å². The number of alkyl halides is 1. The van der Waals surface area contributed by atoms with E-state index in [1.54, 1.807) is 11.3 Å². The standard InChI is InChI=1S/C12H8Br2Cl2S/c1-6-7(3-2-4-8(6)15)11(13)10-5-9(16)12(14)17-10/h2-5,11H,1H3. The van der Waals surface area contributed by atoms with Crippen molar-refractivity contribution < 1.29 is 0 Å². The van der Waals surface area contributed by atoms with Gasteiger partial charge in [0, 0.05) is 9.90 Å². The molecule has 1 aromatic carbocycles. The molecule has 5 heteroatoms. The maximum Gasteiger partial charge on any atom is 0.0887 e.